The predicted octanol–water partition coefficient (Wildman–Crippen LogP) is 2.40. The van der Waals surface area contributed by atoms with E-state index in [-0.39, 0.29) is 10.3 Å². The Kier molecular flexibility index (Phi) is 3.10. The van der Waals surface area contributed by atoms with Crippen LogP contribution in [-0.2, 0) is 15.4 Å². The smallest absolute Gasteiger partial charge is 0.285 e. The summed E-state index contributed by atoms with van der Waals surface area (Å²) in [6, 6.07) is 6.72. The van der Waals surface area contributed by atoms with Crippen LogP contribution < -0.4 is 5.32 Å². The molecule has 0 saturated carbocycles. The number of fused-ring (bicyclic) bond motifs is 1. The molecule has 1 N–H and O–H groups in total. The minimum atomic E-state index is -3.61. The van der Waals surface area contributed by atoms with E-state index >= 15 is 0 Å². The van der Waals surface area contributed by atoms with Crippen LogP contribution in [0.4, 0.5) is 5.13 Å². The molecule has 21 heavy (non-hydrogen) atoms. The topological polar surface area (TPSA) is 84.3 Å². The molecule has 1 aromatic carbocycles. The molecule has 0 atom stereocenters. The Hall–Kier alpha value is -1.80. The lowest BCUT2D eigenvalue weighted by Gasteiger charge is -2.12. The van der Waals surface area contributed by atoms with Gasteiger partial charge in [-0.25, -0.2) is 0 Å². The Bertz CT molecular complexity index is 832. The molecule has 2 aromatic rings. The highest BCUT2D eigenvalue weighted by atomic mass is 32.2. The fraction of sp³-hybridized carbons (Fsp3) is 0.308. The average molecular weight is 322 g/mol. The van der Waals surface area contributed by atoms with Crippen LogP contribution in [0.25, 0.3) is 0 Å². The maximum absolute atomic E-state index is 12.0. The van der Waals surface area contributed by atoms with Crippen LogP contribution >= 0.6 is 11.3 Å². The molecule has 1 aliphatic rings. The maximum Gasteiger partial charge on any atom is 0.285 e. The minimum Gasteiger partial charge on any atom is -0.314 e. The number of hydrogen-bond acceptors (Lipinski definition) is 6. The van der Waals surface area contributed by atoms with Crippen LogP contribution in [0.1, 0.15) is 31.3 Å². The zero-order valence-corrected chi connectivity index (χ0v) is 13.4. The molecule has 6 nitrogen and oxygen atoms in total. The van der Waals surface area contributed by atoms with Crippen LogP contribution in [0.2, 0.25) is 0 Å². The van der Waals surface area contributed by atoms with Crippen molar-refractivity contribution < 1.29 is 8.42 Å². The van der Waals surface area contributed by atoms with Crippen molar-refractivity contribution in [3.8, 4) is 0 Å². The van der Waals surface area contributed by atoms with E-state index in [0.717, 1.165) is 5.01 Å². The van der Waals surface area contributed by atoms with Crippen LogP contribution in [0, 0.1) is 0 Å². The van der Waals surface area contributed by atoms with E-state index in [9.17, 15) is 8.42 Å². The van der Waals surface area contributed by atoms with Crippen molar-refractivity contribution in [2.24, 2.45) is 4.40 Å². The summed E-state index contributed by atoms with van der Waals surface area (Å²) in [5, 5.41) is 12.5. The Labute approximate surface area is 127 Å². The Balaban J connectivity index is 1.95. The minimum absolute atomic E-state index is 0.0981. The van der Waals surface area contributed by atoms with Gasteiger partial charge < -0.3 is 5.32 Å². The highest BCUT2D eigenvalue weighted by Gasteiger charge is 2.29. The van der Waals surface area contributed by atoms with E-state index in [2.05, 4.69) is 19.9 Å². The van der Waals surface area contributed by atoms with Gasteiger partial charge in [-0.05, 0) is 12.1 Å². The number of anilines is 1. The Morgan fingerprint density at radius 3 is 2.52 bits per heavy atom. The van der Waals surface area contributed by atoms with Gasteiger partial charge in [0.25, 0.3) is 10.0 Å². The molecule has 1 aromatic heterocycles. The molecule has 3 rings (SSSR count). The first-order valence-corrected chi connectivity index (χ1v) is 8.58. The molecule has 0 unspecified atom stereocenters. The molecule has 0 saturated heterocycles. The lowest BCUT2D eigenvalue weighted by atomic mass is 9.98. The van der Waals surface area contributed by atoms with Crippen molar-refractivity contribution in [2.45, 2.75) is 31.1 Å². The van der Waals surface area contributed by atoms with Crippen molar-refractivity contribution in [1.29, 1.82) is 0 Å². The SMILES string of the molecule is CC(C)(C)c1nnc(NC2=NS(=O)(=O)c3ccccc32)s1. The molecule has 2 heterocycles. The molecule has 0 bridgehead atoms. The molecule has 0 aliphatic carbocycles. The van der Waals surface area contributed by atoms with Crippen molar-refractivity contribution >= 4 is 32.3 Å². The highest BCUT2D eigenvalue weighted by molar-refractivity contribution is 7.90. The van der Waals surface area contributed by atoms with Gasteiger partial charge in [0.1, 0.15) is 9.90 Å². The van der Waals surface area contributed by atoms with Gasteiger partial charge in [0.2, 0.25) is 5.13 Å². The average Bonchev–Trinajstić information content (AvgIpc) is 2.94. The molecule has 1 aliphatic heterocycles. The number of nitrogens with one attached hydrogen (secondary N) is 1. The van der Waals surface area contributed by atoms with Gasteiger partial charge in [0, 0.05) is 11.0 Å². The number of sulfonamides is 1. The van der Waals surface area contributed by atoms with E-state index in [1.54, 1.807) is 24.3 Å². The van der Waals surface area contributed by atoms with Crippen LogP contribution in [-0.4, -0.2) is 24.5 Å². The van der Waals surface area contributed by atoms with E-state index in [1.807, 2.05) is 20.8 Å². The summed E-state index contributed by atoms with van der Waals surface area (Å²) in [5.41, 5.74) is 0.462. The molecule has 0 spiro atoms. The summed E-state index contributed by atoms with van der Waals surface area (Å²) >= 11 is 1.39. The molecule has 0 fully saturated rings. The molecule has 0 amide bonds. The van der Waals surface area contributed by atoms with Gasteiger partial charge in [0.05, 0.1) is 0 Å². The summed E-state index contributed by atoms with van der Waals surface area (Å²) in [7, 11) is -3.61. The second-order valence-electron chi connectivity index (χ2n) is 5.70. The Morgan fingerprint density at radius 1 is 1.14 bits per heavy atom. The summed E-state index contributed by atoms with van der Waals surface area (Å²) in [4.78, 5) is 0.216. The molecule has 110 valence electrons. The summed E-state index contributed by atoms with van der Waals surface area (Å²) < 4.78 is 27.7. The van der Waals surface area contributed by atoms with Crippen molar-refractivity contribution in [1.82, 2.24) is 10.2 Å². The van der Waals surface area contributed by atoms with Crippen LogP contribution in [0.3, 0.4) is 0 Å². The summed E-state index contributed by atoms with van der Waals surface area (Å²) in [6.45, 7) is 6.14. The summed E-state index contributed by atoms with van der Waals surface area (Å²) in [6.07, 6.45) is 0. The monoisotopic (exact) mass is 322 g/mol. The van der Waals surface area contributed by atoms with Crippen molar-refractivity contribution in [2.75, 3.05) is 5.32 Å². The van der Waals surface area contributed by atoms with Crippen LogP contribution in [0.5, 0.6) is 0 Å². The Morgan fingerprint density at radius 2 is 1.86 bits per heavy atom. The van der Waals surface area contributed by atoms with Crippen molar-refractivity contribution in [3.05, 3.63) is 34.8 Å². The largest absolute Gasteiger partial charge is 0.314 e. The number of aromatic nitrogens is 2. The van der Waals surface area contributed by atoms with E-state index in [4.69, 9.17) is 0 Å². The van der Waals surface area contributed by atoms with Gasteiger partial charge in [0.15, 0.2) is 5.84 Å². The number of hydrogen-bond donors (Lipinski definition) is 1. The fourth-order valence-electron chi connectivity index (χ4n) is 1.87. The first kappa shape index (κ1) is 14.2. The fourth-order valence-corrected chi connectivity index (χ4v) is 3.85. The molecular formula is C13H14N4O2S2. The lowest BCUT2D eigenvalue weighted by Crippen LogP contribution is -2.11. The first-order valence-electron chi connectivity index (χ1n) is 6.33. The number of rotatable bonds is 1. The van der Waals surface area contributed by atoms with Gasteiger partial charge in [-0.2, -0.15) is 8.42 Å². The van der Waals surface area contributed by atoms with E-state index in [0.29, 0.717) is 16.5 Å². The number of benzene rings is 1. The van der Waals surface area contributed by atoms with Crippen LogP contribution in [0.15, 0.2) is 33.6 Å². The quantitative estimate of drug-likeness (QED) is 0.871. The number of amidine groups is 1. The third kappa shape index (κ3) is 2.56. The third-order valence-electron chi connectivity index (χ3n) is 2.92. The zero-order valence-electron chi connectivity index (χ0n) is 11.8. The van der Waals surface area contributed by atoms with Gasteiger partial charge in [-0.15, -0.1) is 14.6 Å². The normalized spacial score (nSPS) is 16.4. The molecule has 8 heteroatoms. The van der Waals surface area contributed by atoms with Crippen molar-refractivity contribution in [3.63, 3.8) is 0 Å². The van der Waals surface area contributed by atoms with E-state index < -0.39 is 10.0 Å². The van der Waals surface area contributed by atoms with Gasteiger partial charge >= 0.3 is 0 Å². The second-order valence-corrected chi connectivity index (χ2v) is 8.25. The zero-order chi connectivity index (χ0) is 15.3. The number of nitrogens with zero attached hydrogens (tertiary/aromatic N) is 3. The third-order valence-corrected chi connectivity index (χ3v) is 5.52. The second kappa shape index (κ2) is 4.60. The lowest BCUT2D eigenvalue weighted by molar-refractivity contribution is 0.578. The van der Waals surface area contributed by atoms with Gasteiger partial charge in [-0.1, -0.05) is 44.2 Å². The van der Waals surface area contributed by atoms with E-state index in [1.165, 1.54) is 11.3 Å². The first-order chi connectivity index (χ1) is 9.77. The summed E-state index contributed by atoms with van der Waals surface area (Å²) in [5.74, 6) is 0.294. The maximum atomic E-state index is 12.0. The molecule has 0 radical (unpaired) electrons. The molecular weight excluding hydrogens is 308 g/mol. The van der Waals surface area contributed by atoms with Gasteiger partial charge in [-0.3, -0.25) is 0 Å². The standard InChI is InChI=1S/C13H14N4O2S2/c1-13(2,3)11-15-16-12(20-11)14-10-8-6-4-5-7-9(8)21(18,19)17-10/h4-7H,1-3H3,(H,14,16,17). The predicted molar refractivity (Wildman–Crippen MR) is 82.4 cm³/mol. The highest BCUT2D eigenvalue weighted by Crippen LogP contribution is 2.30.